The van der Waals surface area contributed by atoms with Crippen molar-refractivity contribution >= 4 is 22.0 Å². The van der Waals surface area contributed by atoms with Gasteiger partial charge in [-0.2, -0.15) is 5.26 Å². The second kappa shape index (κ2) is 2.82. The number of hydrogen-bond acceptors (Lipinski definition) is 3. The average molecular weight is 194 g/mol. The maximum atomic E-state index is 9.13. The van der Waals surface area contributed by atoms with Crippen LogP contribution in [0.2, 0.25) is 0 Å². The Morgan fingerprint density at radius 1 is 1.13 bits per heavy atom. The molecule has 0 saturated heterocycles. The van der Waals surface area contributed by atoms with Crippen LogP contribution in [0.5, 0.6) is 0 Å². The molecule has 3 nitrogen and oxygen atoms in total. The van der Waals surface area contributed by atoms with E-state index in [1.807, 2.05) is 24.3 Å². The van der Waals surface area contributed by atoms with E-state index in [1.165, 1.54) is 0 Å². The Morgan fingerprint density at radius 3 is 2.87 bits per heavy atom. The van der Waals surface area contributed by atoms with E-state index >= 15 is 0 Å². The molecule has 0 unspecified atom stereocenters. The quantitative estimate of drug-likeness (QED) is 0.552. The molecule has 0 fully saturated rings. The molecule has 3 aromatic rings. The van der Waals surface area contributed by atoms with E-state index in [9.17, 15) is 0 Å². The van der Waals surface area contributed by atoms with E-state index < -0.39 is 0 Å². The Balaban J connectivity index is 2.65. The fraction of sp³-hybridized carbons (Fsp3) is 0. The fourth-order valence-corrected chi connectivity index (χ4v) is 1.74. The summed E-state index contributed by atoms with van der Waals surface area (Å²) in [6.45, 7) is 0. The number of rotatable bonds is 0. The second-order valence-corrected chi connectivity index (χ2v) is 3.26. The monoisotopic (exact) mass is 194 g/mol. The van der Waals surface area contributed by atoms with E-state index in [0.717, 1.165) is 16.3 Å². The lowest BCUT2D eigenvalue weighted by Crippen LogP contribution is -1.84. The Kier molecular flexibility index (Phi) is 1.51. The number of pyridine rings is 1. The van der Waals surface area contributed by atoms with E-state index in [-0.39, 0.29) is 0 Å². The van der Waals surface area contributed by atoms with Crippen molar-refractivity contribution in [2.24, 2.45) is 0 Å². The molecule has 0 aliphatic carbocycles. The van der Waals surface area contributed by atoms with Crippen LogP contribution < -0.4 is 0 Å². The van der Waals surface area contributed by atoms with Crippen LogP contribution >= 0.6 is 0 Å². The van der Waals surface area contributed by atoms with Gasteiger partial charge in [-0.3, -0.25) is 0 Å². The maximum absolute atomic E-state index is 9.13. The first-order chi connectivity index (χ1) is 7.40. The minimum absolute atomic E-state index is 0.519. The first-order valence-electron chi connectivity index (χ1n) is 4.56. The topological polar surface area (TPSA) is 49.8 Å². The van der Waals surface area contributed by atoms with Crippen LogP contribution in [0.1, 0.15) is 5.56 Å². The van der Waals surface area contributed by atoms with Crippen molar-refractivity contribution in [3.05, 3.63) is 42.2 Å². The molecule has 0 saturated carbocycles. The summed E-state index contributed by atoms with van der Waals surface area (Å²) in [7, 11) is 0. The second-order valence-electron chi connectivity index (χ2n) is 3.26. The van der Waals surface area contributed by atoms with Crippen LogP contribution in [0.15, 0.2) is 41.0 Å². The van der Waals surface area contributed by atoms with Crippen LogP contribution in [0.25, 0.3) is 22.0 Å². The van der Waals surface area contributed by atoms with Gasteiger partial charge < -0.3 is 4.42 Å². The molecule has 70 valence electrons. The van der Waals surface area contributed by atoms with E-state index in [0.29, 0.717) is 11.3 Å². The molecule has 0 bridgehead atoms. The molecule has 3 rings (SSSR count). The van der Waals surface area contributed by atoms with E-state index in [4.69, 9.17) is 9.68 Å². The number of nitrogens with zero attached hydrogens (tertiary/aromatic N) is 2. The van der Waals surface area contributed by atoms with Crippen LogP contribution in [0, 0.1) is 11.3 Å². The molecule has 2 aromatic heterocycles. The lowest BCUT2D eigenvalue weighted by atomic mass is 10.1. The van der Waals surface area contributed by atoms with Crippen molar-refractivity contribution in [3.63, 3.8) is 0 Å². The maximum Gasteiger partial charge on any atom is 0.227 e. The number of furan rings is 1. The fourth-order valence-electron chi connectivity index (χ4n) is 1.74. The van der Waals surface area contributed by atoms with Crippen molar-refractivity contribution < 1.29 is 4.42 Å². The molecule has 0 N–H and O–H groups in total. The lowest BCUT2D eigenvalue weighted by molar-refractivity contribution is 0.604. The van der Waals surface area contributed by atoms with Crippen molar-refractivity contribution in [2.75, 3.05) is 0 Å². The molecule has 1 aromatic carbocycles. The van der Waals surface area contributed by atoms with E-state index in [1.54, 1.807) is 12.3 Å². The first kappa shape index (κ1) is 8.01. The molecule has 3 heteroatoms. The van der Waals surface area contributed by atoms with Crippen molar-refractivity contribution in [2.45, 2.75) is 0 Å². The molecule has 0 amide bonds. The molecular formula is C12H6N2O. The van der Waals surface area contributed by atoms with Gasteiger partial charge in [0.15, 0.2) is 0 Å². The number of fused-ring (bicyclic) bond motifs is 2. The summed E-state index contributed by atoms with van der Waals surface area (Å²) in [4.78, 5) is 4.33. The zero-order valence-electron chi connectivity index (χ0n) is 7.77. The molecule has 0 aliphatic heterocycles. The smallest absolute Gasteiger partial charge is 0.227 e. The molecular weight excluding hydrogens is 188 g/mol. The SMILES string of the molecule is N#Cc1c2ccccc2nc2occc12. The average Bonchev–Trinajstić information content (AvgIpc) is 2.73. The van der Waals surface area contributed by atoms with Crippen LogP contribution in [-0.4, -0.2) is 4.98 Å². The molecule has 15 heavy (non-hydrogen) atoms. The minimum atomic E-state index is 0.519. The molecule has 0 spiro atoms. The van der Waals surface area contributed by atoms with Crippen LogP contribution in [0.4, 0.5) is 0 Å². The predicted octanol–water partition coefficient (Wildman–Crippen LogP) is 2.85. The third kappa shape index (κ3) is 1.02. The Morgan fingerprint density at radius 2 is 2.00 bits per heavy atom. The summed E-state index contributed by atoms with van der Waals surface area (Å²) in [5.74, 6) is 0. The Bertz CT molecular complexity index is 691. The highest BCUT2D eigenvalue weighted by Crippen LogP contribution is 2.25. The van der Waals surface area contributed by atoms with Gasteiger partial charge in [-0.15, -0.1) is 0 Å². The van der Waals surface area contributed by atoms with Gasteiger partial charge in [0, 0.05) is 5.39 Å². The van der Waals surface area contributed by atoms with Gasteiger partial charge in [-0.25, -0.2) is 4.98 Å². The number of benzene rings is 1. The molecule has 0 aliphatic rings. The number of hydrogen-bond donors (Lipinski definition) is 0. The molecule has 0 radical (unpaired) electrons. The number of nitriles is 1. The third-order valence-electron chi connectivity index (χ3n) is 2.42. The minimum Gasteiger partial charge on any atom is -0.446 e. The van der Waals surface area contributed by atoms with Crippen molar-refractivity contribution in [1.29, 1.82) is 5.26 Å². The standard InChI is InChI=1S/C12H6N2O/c13-7-10-8-3-1-2-4-11(8)14-12-9(10)5-6-15-12/h1-6H. The summed E-state index contributed by atoms with van der Waals surface area (Å²) in [5.41, 5.74) is 1.94. The highest BCUT2D eigenvalue weighted by molar-refractivity contribution is 5.97. The Labute approximate surface area is 85.6 Å². The summed E-state index contributed by atoms with van der Waals surface area (Å²) >= 11 is 0. The highest BCUT2D eigenvalue weighted by atomic mass is 16.3. The number of para-hydroxylation sites is 1. The molecule has 2 heterocycles. The zero-order valence-corrected chi connectivity index (χ0v) is 7.77. The van der Waals surface area contributed by atoms with Crippen molar-refractivity contribution in [3.8, 4) is 6.07 Å². The summed E-state index contributed by atoms with van der Waals surface area (Å²) in [5, 5.41) is 10.8. The normalized spacial score (nSPS) is 10.6. The highest BCUT2D eigenvalue weighted by Gasteiger charge is 2.09. The first-order valence-corrected chi connectivity index (χ1v) is 4.56. The number of aromatic nitrogens is 1. The van der Waals surface area contributed by atoms with Gasteiger partial charge in [0.1, 0.15) is 6.07 Å². The summed E-state index contributed by atoms with van der Waals surface area (Å²) in [6.07, 6.45) is 1.55. The van der Waals surface area contributed by atoms with Gasteiger partial charge in [0.25, 0.3) is 0 Å². The molecule has 0 atom stereocenters. The third-order valence-corrected chi connectivity index (χ3v) is 2.42. The van der Waals surface area contributed by atoms with Crippen molar-refractivity contribution in [1.82, 2.24) is 4.98 Å². The van der Waals surface area contributed by atoms with Gasteiger partial charge >= 0.3 is 0 Å². The summed E-state index contributed by atoms with van der Waals surface area (Å²) in [6, 6.07) is 11.5. The van der Waals surface area contributed by atoms with Crippen LogP contribution in [-0.2, 0) is 0 Å². The Hall–Kier alpha value is -2.34. The largest absolute Gasteiger partial charge is 0.446 e. The van der Waals surface area contributed by atoms with Gasteiger partial charge in [0.2, 0.25) is 5.71 Å². The van der Waals surface area contributed by atoms with Crippen LogP contribution in [0.3, 0.4) is 0 Å². The summed E-state index contributed by atoms with van der Waals surface area (Å²) < 4.78 is 5.21. The zero-order chi connectivity index (χ0) is 10.3. The lowest BCUT2D eigenvalue weighted by Gasteiger charge is -1.99. The van der Waals surface area contributed by atoms with E-state index in [2.05, 4.69) is 11.1 Å². The van der Waals surface area contributed by atoms with Gasteiger partial charge in [-0.05, 0) is 12.1 Å². The van der Waals surface area contributed by atoms with Gasteiger partial charge in [-0.1, -0.05) is 18.2 Å². The predicted molar refractivity (Wildman–Crippen MR) is 56.2 cm³/mol. The van der Waals surface area contributed by atoms with Gasteiger partial charge in [0.05, 0.1) is 22.7 Å².